The van der Waals surface area contributed by atoms with Crippen molar-refractivity contribution in [2.24, 2.45) is 0 Å². The number of fused-ring (bicyclic) bond motifs is 1. The lowest BCUT2D eigenvalue weighted by Crippen LogP contribution is -2.05. The van der Waals surface area contributed by atoms with Crippen molar-refractivity contribution in [1.29, 1.82) is 0 Å². The van der Waals surface area contributed by atoms with Crippen molar-refractivity contribution in [3.05, 3.63) is 71.3 Å². The molecule has 0 saturated heterocycles. The van der Waals surface area contributed by atoms with E-state index in [1.54, 1.807) is 17.7 Å². The average Bonchev–Trinajstić information content (AvgIpc) is 3.22. The minimum absolute atomic E-state index is 0.00290. The number of hydrogen-bond donors (Lipinski definition) is 0. The number of benzene rings is 1. The van der Waals surface area contributed by atoms with Crippen LogP contribution in [0.15, 0.2) is 47.9 Å². The molecular formula is C22H20F2N4O3S. The molecule has 0 spiro atoms. The lowest BCUT2D eigenvalue weighted by molar-refractivity contribution is 0.399. The molecule has 0 atom stereocenters. The molecule has 0 amide bonds. The second-order valence-corrected chi connectivity index (χ2v) is 9.40. The van der Waals surface area contributed by atoms with E-state index in [1.165, 1.54) is 19.4 Å². The Bertz CT molecular complexity index is 1430. The van der Waals surface area contributed by atoms with E-state index in [0.717, 1.165) is 40.8 Å². The first-order valence-electron chi connectivity index (χ1n) is 9.69. The van der Waals surface area contributed by atoms with Crippen LogP contribution in [0.5, 0.6) is 5.75 Å². The topological polar surface area (TPSA) is 86.5 Å². The van der Waals surface area contributed by atoms with Crippen molar-refractivity contribution in [3.8, 4) is 16.9 Å². The summed E-state index contributed by atoms with van der Waals surface area (Å²) in [5.41, 5.74) is 3.87. The Kier molecular flexibility index (Phi) is 5.64. The highest BCUT2D eigenvalue weighted by molar-refractivity contribution is 7.90. The van der Waals surface area contributed by atoms with Crippen molar-refractivity contribution >= 4 is 15.5 Å². The van der Waals surface area contributed by atoms with Gasteiger partial charge in [-0.3, -0.25) is 4.40 Å². The minimum atomic E-state index is -3.42. The van der Waals surface area contributed by atoms with E-state index >= 15 is 0 Å². The Morgan fingerprint density at radius 3 is 2.56 bits per heavy atom. The molecule has 10 heteroatoms. The van der Waals surface area contributed by atoms with E-state index in [0.29, 0.717) is 12.1 Å². The first kappa shape index (κ1) is 21.8. The van der Waals surface area contributed by atoms with E-state index < -0.39 is 21.5 Å². The maximum atomic E-state index is 14.3. The van der Waals surface area contributed by atoms with E-state index in [-0.39, 0.29) is 22.8 Å². The van der Waals surface area contributed by atoms with Gasteiger partial charge in [-0.2, -0.15) is 0 Å². The fourth-order valence-electron chi connectivity index (χ4n) is 3.65. The van der Waals surface area contributed by atoms with Crippen LogP contribution < -0.4 is 4.74 Å². The van der Waals surface area contributed by atoms with Gasteiger partial charge in [0.1, 0.15) is 23.7 Å². The summed E-state index contributed by atoms with van der Waals surface area (Å²) in [6.45, 7) is 1.80. The third kappa shape index (κ3) is 4.05. The zero-order chi connectivity index (χ0) is 23.0. The number of nitrogens with zero attached hydrogens (tertiary/aromatic N) is 4. The molecule has 4 rings (SSSR count). The summed E-state index contributed by atoms with van der Waals surface area (Å²) in [5, 5.41) is 8.21. The van der Waals surface area contributed by atoms with Gasteiger partial charge in [0.05, 0.1) is 7.11 Å². The lowest BCUT2D eigenvalue weighted by atomic mass is 10.0. The number of sulfone groups is 1. The van der Waals surface area contributed by atoms with Gasteiger partial charge in [-0.1, -0.05) is 0 Å². The van der Waals surface area contributed by atoms with Crippen LogP contribution in [0.4, 0.5) is 8.78 Å². The number of methoxy groups -OCH3 is 1. The summed E-state index contributed by atoms with van der Waals surface area (Å²) in [5.74, 6) is -1.20. The van der Waals surface area contributed by atoms with Gasteiger partial charge in [0, 0.05) is 47.0 Å². The molecule has 0 saturated carbocycles. The molecule has 1 aromatic carbocycles. The molecule has 0 aliphatic carbocycles. The van der Waals surface area contributed by atoms with E-state index in [2.05, 4.69) is 15.2 Å². The Labute approximate surface area is 183 Å². The van der Waals surface area contributed by atoms with E-state index in [1.807, 2.05) is 12.1 Å². The highest BCUT2D eigenvalue weighted by atomic mass is 32.2. The number of ether oxygens (including phenoxy) is 1. The molecule has 7 nitrogen and oxygen atoms in total. The van der Waals surface area contributed by atoms with Crippen LogP contribution in [0.25, 0.3) is 16.8 Å². The van der Waals surface area contributed by atoms with Gasteiger partial charge in [-0.25, -0.2) is 22.2 Å². The van der Waals surface area contributed by atoms with E-state index in [9.17, 15) is 17.2 Å². The van der Waals surface area contributed by atoms with Gasteiger partial charge in [-0.05, 0) is 43.5 Å². The average molecular weight is 458 g/mol. The maximum Gasteiger partial charge on any atom is 0.192 e. The normalized spacial score (nSPS) is 11.8. The monoisotopic (exact) mass is 458 g/mol. The van der Waals surface area contributed by atoms with E-state index in [4.69, 9.17) is 4.74 Å². The zero-order valence-electron chi connectivity index (χ0n) is 17.6. The SMILES string of the molecule is COc1cc(F)cc(F)c1CCc1ccc(-c2cnc(S(C)(=O)=O)cc2C)c2nncn12. The van der Waals surface area contributed by atoms with Crippen molar-refractivity contribution in [3.63, 3.8) is 0 Å². The van der Waals surface area contributed by atoms with Crippen LogP contribution in [0.3, 0.4) is 0 Å². The van der Waals surface area contributed by atoms with Gasteiger partial charge in [0.25, 0.3) is 0 Å². The molecule has 166 valence electrons. The third-order valence-corrected chi connectivity index (χ3v) is 6.25. The number of hydrogen-bond acceptors (Lipinski definition) is 6. The van der Waals surface area contributed by atoms with Crippen LogP contribution >= 0.6 is 0 Å². The predicted octanol–water partition coefficient (Wildman–Crippen LogP) is 3.58. The number of halogens is 2. The smallest absolute Gasteiger partial charge is 0.192 e. The molecule has 32 heavy (non-hydrogen) atoms. The molecule has 0 radical (unpaired) electrons. The first-order chi connectivity index (χ1) is 15.2. The first-order valence-corrected chi connectivity index (χ1v) is 11.6. The minimum Gasteiger partial charge on any atom is -0.496 e. The molecule has 0 aliphatic rings. The number of pyridine rings is 2. The van der Waals surface area contributed by atoms with Crippen molar-refractivity contribution in [2.75, 3.05) is 13.4 Å². The highest BCUT2D eigenvalue weighted by Gasteiger charge is 2.17. The van der Waals surface area contributed by atoms with Crippen LogP contribution in [0, 0.1) is 18.6 Å². The Hall–Kier alpha value is -3.40. The van der Waals surface area contributed by atoms with Crippen molar-refractivity contribution in [2.45, 2.75) is 24.8 Å². The fourth-order valence-corrected chi connectivity index (χ4v) is 4.28. The van der Waals surface area contributed by atoms with Crippen LogP contribution in [-0.2, 0) is 22.7 Å². The molecule has 0 N–H and O–H groups in total. The molecule has 4 aromatic rings. The summed E-state index contributed by atoms with van der Waals surface area (Å²) in [6.07, 6.45) is 4.89. The highest BCUT2D eigenvalue weighted by Crippen LogP contribution is 2.29. The summed E-state index contributed by atoms with van der Waals surface area (Å²) < 4.78 is 58.2. The molecule has 0 aliphatic heterocycles. The van der Waals surface area contributed by atoms with Gasteiger partial charge in [0.15, 0.2) is 20.5 Å². The van der Waals surface area contributed by atoms with Crippen molar-refractivity contribution < 1.29 is 21.9 Å². The second-order valence-electron chi connectivity index (χ2n) is 7.44. The lowest BCUT2D eigenvalue weighted by Gasteiger charge is -2.13. The summed E-state index contributed by atoms with van der Waals surface area (Å²) >= 11 is 0. The van der Waals surface area contributed by atoms with Gasteiger partial charge < -0.3 is 4.74 Å². The fraction of sp³-hybridized carbons (Fsp3) is 0.227. The van der Waals surface area contributed by atoms with Gasteiger partial charge >= 0.3 is 0 Å². The third-order valence-electron chi connectivity index (χ3n) is 5.27. The standard InChI is InChI=1S/C22H20F2N4O3S/c1-13-8-21(32(3,29)30)25-11-18(13)16-6-4-15(28-12-26-27-22(16)28)5-7-17-19(24)9-14(23)10-20(17)31-2/h4,6,8-12H,5,7H2,1-3H3. The Morgan fingerprint density at radius 1 is 1.09 bits per heavy atom. The summed E-state index contributed by atoms with van der Waals surface area (Å²) in [4.78, 5) is 4.08. The number of rotatable bonds is 6. The molecule has 0 bridgehead atoms. The largest absolute Gasteiger partial charge is 0.496 e. The number of aryl methyl sites for hydroxylation is 2. The molecular weight excluding hydrogens is 438 g/mol. The molecule has 0 unspecified atom stereocenters. The zero-order valence-corrected chi connectivity index (χ0v) is 18.4. The molecule has 3 aromatic heterocycles. The van der Waals surface area contributed by atoms with Gasteiger partial charge in [0.2, 0.25) is 0 Å². The summed E-state index contributed by atoms with van der Waals surface area (Å²) in [7, 11) is -2.05. The molecule has 0 fully saturated rings. The Morgan fingerprint density at radius 2 is 1.88 bits per heavy atom. The molecule has 3 heterocycles. The Balaban J connectivity index is 1.70. The van der Waals surface area contributed by atoms with Gasteiger partial charge in [-0.15, -0.1) is 10.2 Å². The second kappa shape index (κ2) is 8.27. The number of aromatic nitrogens is 4. The van der Waals surface area contributed by atoms with Crippen LogP contribution in [-0.4, -0.2) is 41.4 Å². The van der Waals surface area contributed by atoms with Crippen LogP contribution in [0.2, 0.25) is 0 Å². The quantitative estimate of drug-likeness (QED) is 0.439. The van der Waals surface area contributed by atoms with Crippen LogP contribution in [0.1, 0.15) is 16.8 Å². The predicted molar refractivity (Wildman–Crippen MR) is 114 cm³/mol. The van der Waals surface area contributed by atoms with Crippen molar-refractivity contribution in [1.82, 2.24) is 19.6 Å². The summed E-state index contributed by atoms with van der Waals surface area (Å²) in [6, 6.07) is 7.23. The maximum absolute atomic E-state index is 14.3.